The summed E-state index contributed by atoms with van der Waals surface area (Å²) in [5, 5.41) is 12.8. The number of carbonyl (C=O) groups is 1. The number of hydrogen-bond donors (Lipinski definition) is 1. The Labute approximate surface area is 201 Å². The molecule has 170 valence electrons. The van der Waals surface area contributed by atoms with Crippen molar-refractivity contribution in [1.29, 1.82) is 5.26 Å². The molecule has 3 aromatic rings. The number of pyridine rings is 1. The highest BCUT2D eigenvalue weighted by Crippen LogP contribution is 2.45. The van der Waals surface area contributed by atoms with Gasteiger partial charge in [0.15, 0.2) is 5.76 Å². The van der Waals surface area contributed by atoms with Crippen molar-refractivity contribution >= 4 is 22.5 Å². The fourth-order valence-corrected chi connectivity index (χ4v) is 5.12. The molecule has 1 aliphatic rings. The number of rotatable bonds is 5. The van der Waals surface area contributed by atoms with Crippen molar-refractivity contribution in [2.45, 2.75) is 31.6 Å². The third kappa shape index (κ3) is 4.68. The first-order valence-electron chi connectivity index (χ1n) is 10.7. The van der Waals surface area contributed by atoms with Gasteiger partial charge in [-0.25, -0.2) is 4.21 Å². The van der Waals surface area contributed by atoms with Crippen LogP contribution in [-0.4, -0.2) is 15.1 Å². The van der Waals surface area contributed by atoms with Crippen molar-refractivity contribution in [3.05, 3.63) is 112 Å². The highest BCUT2D eigenvalue weighted by Gasteiger charge is 2.38. The maximum absolute atomic E-state index is 14.1. The van der Waals surface area contributed by atoms with Crippen LogP contribution in [0.4, 0.5) is 0 Å². The lowest BCUT2D eigenvalue weighted by Crippen LogP contribution is -2.29. The Bertz CT molecular complexity index is 1350. The highest BCUT2D eigenvalue weighted by molar-refractivity contribution is 7.89. The quantitative estimate of drug-likeness (QED) is 0.576. The average Bonchev–Trinajstić information content (AvgIpc) is 2.84. The maximum Gasteiger partial charge on any atom is 0.223 e. The van der Waals surface area contributed by atoms with Gasteiger partial charge in [0.2, 0.25) is 11.8 Å². The number of allylic oxidation sites excluding steroid dienone is 2. The predicted molar refractivity (Wildman–Crippen MR) is 130 cm³/mol. The summed E-state index contributed by atoms with van der Waals surface area (Å²) >= 11 is 0. The molecule has 0 saturated heterocycles. The molecule has 4 rings (SSSR count). The van der Waals surface area contributed by atoms with Crippen LogP contribution >= 0.6 is 0 Å². The summed E-state index contributed by atoms with van der Waals surface area (Å²) in [5.41, 5.74) is 3.48. The first-order valence-corrected chi connectivity index (χ1v) is 11.8. The van der Waals surface area contributed by atoms with Gasteiger partial charge in [-0.3, -0.25) is 15.1 Å². The molecule has 2 aromatic carbocycles. The van der Waals surface area contributed by atoms with Crippen molar-refractivity contribution in [1.82, 2.24) is 10.3 Å². The van der Waals surface area contributed by atoms with E-state index in [-0.39, 0.29) is 23.1 Å². The second-order valence-corrected chi connectivity index (χ2v) is 9.42. The van der Waals surface area contributed by atoms with E-state index in [4.69, 9.17) is 4.74 Å². The topological polar surface area (TPSA) is 92.1 Å². The van der Waals surface area contributed by atoms with E-state index in [0.29, 0.717) is 15.5 Å². The fraction of sp³-hybridized carbons (Fsp3) is 0.148. The molecule has 2 heterocycles. The third-order valence-electron chi connectivity index (χ3n) is 5.38. The van der Waals surface area contributed by atoms with Gasteiger partial charge in [-0.15, -0.1) is 0 Å². The van der Waals surface area contributed by atoms with Gasteiger partial charge in [0, 0.05) is 18.0 Å². The van der Waals surface area contributed by atoms with Crippen LogP contribution in [0, 0.1) is 25.2 Å². The van der Waals surface area contributed by atoms with E-state index in [9.17, 15) is 14.3 Å². The molecule has 0 bridgehead atoms. The number of nitrogens with zero attached hydrogens (tertiary/aromatic N) is 2. The molecule has 6 nitrogen and oxygen atoms in total. The number of benzene rings is 2. The standard InChI is InChI=1S/C27H23N3O3S/c1-17-7-11-20(12-8-17)24-22(16-28)27(30-19(3)31)33-25(23-6-4-5-15-29-23)26(24)34(32)21-13-9-18(2)10-14-21/h4-15,24H,1-3H3,(H,30,31)/t24-,34+/m1/s1. The Hall–Kier alpha value is -4.02. The lowest BCUT2D eigenvalue weighted by atomic mass is 9.88. The van der Waals surface area contributed by atoms with Crippen LogP contribution in [-0.2, 0) is 20.3 Å². The predicted octanol–water partition coefficient (Wildman–Crippen LogP) is 4.86. The van der Waals surface area contributed by atoms with E-state index >= 15 is 0 Å². The van der Waals surface area contributed by atoms with Crippen LogP contribution in [0.2, 0.25) is 0 Å². The van der Waals surface area contributed by atoms with E-state index in [1.54, 1.807) is 36.5 Å². The van der Waals surface area contributed by atoms with Crippen molar-refractivity contribution < 1.29 is 13.7 Å². The van der Waals surface area contributed by atoms with Gasteiger partial charge in [0.05, 0.1) is 21.6 Å². The number of ether oxygens (including phenoxy) is 1. The van der Waals surface area contributed by atoms with E-state index in [0.717, 1.165) is 16.7 Å². The summed E-state index contributed by atoms with van der Waals surface area (Å²) in [6.07, 6.45) is 1.61. The number of aromatic nitrogens is 1. The molecule has 0 fully saturated rings. The third-order valence-corrected chi connectivity index (χ3v) is 6.90. The Morgan fingerprint density at radius 1 is 1.03 bits per heavy atom. The van der Waals surface area contributed by atoms with Crippen molar-refractivity contribution in [3.8, 4) is 6.07 Å². The van der Waals surface area contributed by atoms with Gasteiger partial charge >= 0.3 is 0 Å². The number of hydrogen-bond acceptors (Lipinski definition) is 5. The molecule has 0 aliphatic carbocycles. The fourth-order valence-electron chi connectivity index (χ4n) is 3.70. The molecule has 2 atom stereocenters. The first kappa shape index (κ1) is 23.1. The number of aryl methyl sites for hydroxylation is 2. The number of nitriles is 1. The van der Waals surface area contributed by atoms with Crippen LogP contribution in [0.15, 0.2) is 94.2 Å². The molecular formula is C27H23N3O3S. The molecule has 1 aromatic heterocycles. The molecule has 0 spiro atoms. The summed E-state index contributed by atoms with van der Waals surface area (Å²) in [6.45, 7) is 5.27. The lowest BCUT2D eigenvalue weighted by Gasteiger charge is -2.30. The summed E-state index contributed by atoms with van der Waals surface area (Å²) in [7, 11) is -1.68. The summed E-state index contributed by atoms with van der Waals surface area (Å²) in [6, 6.07) is 22.6. The second kappa shape index (κ2) is 9.86. The SMILES string of the molecule is CC(=O)NC1=C(C#N)[C@@H](c2ccc(C)cc2)C([S@@](=O)c2ccc(C)cc2)=C(c2ccccn2)O1. The Kier molecular flexibility index (Phi) is 6.71. The minimum atomic E-state index is -1.68. The molecule has 1 aliphatic heterocycles. The second-order valence-electron chi connectivity index (χ2n) is 7.97. The zero-order valence-corrected chi connectivity index (χ0v) is 19.8. The van der Waals surface area contributed by atoms with Crippen LogP contribution < -0.4 is 5.32 Å². The van der Waals surface area contributed by atoms with Crippen molar-refractivity contribution in [3.63, 3.8) is 0 Å². The summed E-state index contributed by atoms with van der Waals surface area (Å²) in [4.78, 5) is 17.3. The van der Waals surface area contributed by atoms with Crippen LogP contribution in [0.25, 0.3) is 5.76 Å². The Morgan fingerprint density at radius 2 is 1.68 bits per heavy atom. The van der Waals surface area contributed by atoms with Crippen LogP contribution in [0.5, 0.6) is 0 Å². The minimum absolute atomic E-state index is 0.0193. The monoisotopic (exact) mass is 469 g/mol. The summed E-state index contributed by atoms with van der Waals surface area (Å²) in [5.74, 6) is -0.812. The Balaban J connectivity index is 2.01. The van der Waals surface area contributed by atoms with Gasteiger partial charge in [0.25, 0.3) is 0 Å². The lowest BCUT2D eigenvalue weighted by molar-refractivity contribution is -0.118. The van der Waals surface area contributed by atoms with Crippen LogP contribution in [0.3, 0.4) is 0 Å². The average molecular weight is 470 g/mol. The Morgan fingerprint density at radius 3 is 2.24 bits per heavy atom. The van der Waals surface area contributed by atoms with Gasteiger partial charge in [-0.05, 0) is 43.7 Å². The molecule has 0 radical (unpaired) electrons. The zero-order chi connectivity index (χ0) is 24.2. The number of carbonyl (C=O) groups excluding carboxylic acids is 1. The highest BCUT2D eigenvalue weighted by atomic mass is 32.2. The van der Waals surface area contributed by atoms with E-state index in [1.807, 2.05) is 50.2 Å². The molecule has 0 unspecified atom stereocenters. The smallest absolute Gasteiger partial charge is 0.223 e. The molecule has 0 saturated carbocycles. The van der Waals surface area contributed by atoms with E-state index in [2.05, 4.69) is 16.4 Å². The van der Waals surface area contributed by atoms with Crippen LogP contribution in [0.1, 0.15) is 35.2 Å². The zero-order valence-electron chi connectivity index (χ0n) is 19.0. The van der Waals surface area contributed by atoms with Gasteiger partial charge < -0.3 is 4.74 Å². The van der Waals surface area contributed by atoms with Gasteiger partial charge in [-0.1, -0.05) is 53.6 Å². The maximum atomic E-state index is 14.1. The minimum Gasteiger partial charge on any atom is -0.437 e. The molecule has 1 amide bonds. The largest absolute Gasteiger partial charge is 0.437 e. The first-order chi connectivity index (χ1) is 16.4. The van der Waals surface area contributed by atoms with E-state index in [1.165, 1.54) is 6.92 Å². The van der Waals surface area contributed by atoms with Crippen molar-refractivity contribution in [2.24, 2.45) is 0 Å². The van der Waals surface area contributed by atoms with Crippen molar-refractivity contribution in [2.75, 3.05) is 0 Å². The van der Waals surface area contributed by atoms with Gasteiger partial charge in [-0.2, -0.15) is 5.26 Å². The molecule has 34 heavy (non-hydrogen) atoms. The molecular weight excluding hydrogens is 446 g/mol. The van der Waals surface area contributed by atoms with Gasteiger partial charge in [0.1, 0.15) is 17.3 Å². The number of amides is 1. The van der Waals surface area contributed by atoms with E-state index < -0.39 is 16.7 Å². The number of nitrogens with one attached hydrogen (secondary N) is 1. The normalized spacial score (nSPS) is 16.5. The molecule has 7 heteroatoms. The molecule has 1 N–H and O–H groups in total. The summed E-state index contributed by atoms with van der Waals surface area (Å²) < 4.78 is 20.2.